The van der Waals surface area contributed by atoms with Gasteiger partial charge in [-0.2, -0.15) is 0 Å². The standard InChI is InChI=1S/C25H23FN2/c26-22-11-12-24-23(14-22)21(15-27-24)13-18-16-28(17-18)25(19-7-3-1-4-8-19)20-9-5-2-6-10-20/h1-12,14-15,18,25,27H,13,16-17H2. The van der Waals surface area contributed by atoms with Gasteiger partial charge in [0, 0.05) is 30.2 Å². The lowest BCUT2D eigenvalue weighted by atomic mass is 9.87. The molecule has 0 aliphatic carbocycles. The van der Waals surface area contributed by atoms with E-state index in [1.54, 1.807) is 6.07 Å². The molecule has 0 unspecified atom stereocenters. The minimum absolute atomic E-state index is 0.170. The number of hydrogen-bond acceptors (Lipinski definition) is 1. The number of aromatic nitrogens is 1. The van der Waals surface area contributed by atoms with E-state index in [9.17, 15) is 4.39 Å². The fraction of sp³-hybridized carbons (Fsp3) is 0.200. The first kappa shape index (κ1) is 17.2. The van der Waals surface area contributed by atoms with Gasteiger partial charge in [-0.25, -0.2) is 4.39 Å². The summed E-state index contributed by atoms with van der Waals surface area (Å²) in [6.45, 7) is 2.10. The van der Waals surface area contributed by atoms with Crippen LogP contribution in [0.25, 0.3) is 10.9 Å². The molecule has 1 aliphatic rings. The van der Waals surface area contributed by atoms with E-state index in [-0.39, 0.29) is 5.82 Å². The Morgan fingerprint density at radius 2 is 1.54 bits per heavy atom. The van der Waals surface area contributed by atoms with Crippen LogP contribution < -0.4 is 0 Å². The van der Waals surface area contributed by atoms with Gasteiger partial charge in [-0.15, -0.1) is 0 Å². The van der Waals surface area contributed by atoms with Crippen LogP contribution >= 0.6 is 0 Å². The summed E-state index contributed by atoms with van der Waals surface area (Å²) >= 11 is 0. The lowest BCUT2D eigenvalue weighted by molar-refractivity contribution is 0.0690. The van der Waals surface area contributed by atoms with Crippen molar-refractivity contribution in [1.29, 1.82) is 0 Å². The van der Waals surface area contributed by atoms with Crippen LogP contribution in [0.5, 0.6) is 0 Å². The smallest absolute Gasteiger partial charge is 0.123 e. The molecule has 0 spiro atoms. The fourth-order valence-corrected chi connectivity index (χ4v) is 4.46. The minimum Gasteiger partial charge on any atom is -0.361 e. The molecule has 0 atom stereocenters. The van der Waals surface area contributed by atoms with Crippen LogP contribution in [0.2, 0.25) is 0 Å². The second kappa shape index (κ2) is 7.25. The van der Waals surface area contributed by atoms with Gasteiger partial charge < -0.3 is 4.98 Å². The van der Waals surface area contributed by atoms with Gasteiger partial charge >= 0.3 is 0 Å². The molecule has 1 fully saturated rings. The summed E-state index contributed by atoms with van der Waals surface area (Å²) in [6.07, 6.45) is 3.02. The first-order valence-corrected chi connectivity index (χ1v) is 9.87. The summed E-state index contributed by atoms with van der Waals surface area (Å²) in [5.41, 5.74) is 4.90. The predicted octanol–water partition coefficient (Wildman–Crippen LogP) is 5.57. The van der Waals surface area contributed by atoms with Gasteiger partial charge in [0.05, 0.1) is 6.04 Å². The Hall–Kier alpha value is -2.91. The van der Waals surface area contributed by atoms with Gasteiger partial charge in [0.2, 0.25) is 0 Å². The van der Waals surface area contributed by atoms with E-state index >= 15 is 0 Å². The number of H-pyrrole nitrogens is 1. The molecule has 1 saturated heterocycles. The maximum atomic E-state index is 13.6. The van der Waals surface area contributed by atoms with Crippen molar-refractivity contribution in [2.45, 2.75) is 12.5 Å². The molecule has 0 radical (unpaired) electrons. The molecule has 1 aliphatic heterocycles. The van der Waals surface area contributed by atoms with Crippen LogP contribution in [0.1, 0.15) is 22.7 Å². The molecule has 28 heavy (non-hydrogen) atoms. The second-order valence-electron chi connectivity index (χ2n) is 7.75. The highest BCUT2D eigenvalue weighted by Gasteiger charge is 2.34. The predicted molar refractivity (Wildman–Crippen MR) is 112 cm³/mol. The van der Waals surface area contributed by atoms with E-state index in [1.165, 1.54) is 22.8 Å². The number of likely N-dealkylation sites (tertiary alicyclic amines) is 1. The Balaban J connectivity index is 1.34. The van der Waals surface area contributed by atoms with Crippen molar-refractivity contribution >= 4 is 10.9 Å². The summed E-state index contributed by atoms with van der Waals surface area (Å²) in [6, 6.07) is 26.7. The molecule has 5 rings (SSSR count). The summed E-state index contributed by atoms with van der Waals surface area (Å²) in [5, 5.41) is 1.01. The first-order valence-electron chi connectivity index (χ1n) is 9.87. The molecule has 1 aromatic heterocycles. The summed E-state index contributed by atoms with van der Waals surface area (Å²) < 4.78 is 13.6. The summed E-state index contributed by atoms with van der Waals surface area (Å²) in [4.78, 5) is 5.82. The Bertz CT molecular complexity index is 1030. The Morgan fingerprint density at radius 3 is 2.18 bits per heavy atom. The lowest BCUT2D eigenvalue weighted by Crippen LogP contribution is -2.49. The van der Waals surface area contributed by atoms with Crippen molar-refractivity contribution in [2.75, 3.05) is 13.1 Å². The van der Waals surface area contributed by atoms with Crippen LogP contribution in [-0.2, 0) is 6.42 Å². The number of aromatic amines is 1. The molecule has 3 heteroatoms. The van der Waals surface area contributed by atoms with E-state index in [4.69, 9.17) is 0 Å². The van der Waals surface area contributed by atoms with Gasteiger partial charge in [0.1, 0.15) is 5.82 Å². The molecule has 0 saturated carbocycles. The van der Waals surface area contributed by atoms with Crippen LogP contribution in [0.15, 0.2) is 85.1 Å². The molecule has 2 nitrogen and oxygen atoms in total. The Kier molecular flexibility index (Phi) is 4.46. The van der Waals surface area contributed by atoms with Crippen LogP contribution in [0.4, 0.5) is 4.39 Å². The number of fused-ring (bicyclic) bond motifs is 1. The van der Waals surface area contributed by atoms with E-state index in [1.807, 2.05) is 12.3 Å². The monoisotopic (exact) mass is 370 g/mol. The molecule has 140 valence electrons. The fourth-order valence-electron chi connectivity index (χ4n) is 4.46. The number of rotatable bonds is 5. The van der Waals surface area contributed by atoms with E-state index in [2.05, 4.69) is 70.5 Å². The first-order chi connectivity index (χ1) is 13.8. The number of benzene rings is 3. The van der Waals surface area contributed by atoms with Crippen molar-refractivity contribution in [3.8, 4) is 0 Å². The zero-order valence-electron chi connectivity index (χ0n) is 15.7. The highest BCUT2D eigenvalue weighted by molar-refractivity contribution is 5.83. The summed E-state index contributed by atoms with van der Waals surface area (Å²) in [7, 11) is 0. The third-order valence-corrected chi connectivity index (χ3v) is 5.82. The molecular formula is C25H23FN2. The molecular weight excluding hydrogens is 347 g/mol. The van der Waals surface area contributed by atoms with Crippen molar-refractivity contribution < 1.29 is 4.39 Å². The molecule has 0 bridgehead atoms. The SMILES string of the molecule is Fc1ccc2[nH]cc(CC3CN(C(c4ccccc4)c4ccccc4)C3)c2c1. The van der Waals surface area contributed by atoms with Gasteiger partial charge in [-0.05, 0) is 47.2 Å². The van der Waals surface area contributed by atoms with Gasteiger partial charge in [0.25, 0.3) is 0 Å². The number of nitrogens with zero attached hydrogens (tertiary/aromatic N) is 1. The molecule has 1 N–H and O–H groups in total. The van der Waals surface area contributed by atoms with Crippen molar-refractivity contribution in [3.63, 3.8) is 0 Å². The third kappa shape index (κ3) is 3.23. The molecule has 4 aromatic rings. The Morgan fingerprint density at radius 1 is 0.893 bits per heavy atom. The Labute approximate surface area is 164 Å². The molecule has 2 heterocycles. The topological polar surface area (TPSA) is 19.0 Å². The van der Waals surface area contributed by atoms with E-state index < -0.39 is 0 Å². The highest BCUT2D eigenvalue weighted by Crippen LogP contribution is 2.36. The second-order valence-corrected chi connectivity index (χ2v) is 7.75. The maximum Gasteiger partial charge on any atom is 0.123 e. The summed E-state index contributed by atoms with van der Waals surface area (Å²) in [5.74, 6) is 0.425. The maximum absolute atomic E-state index is 13.6. The molecule has 3 aromatic carbocycles. The van der Waals surface area contributed by atoms with Crippen LogP contribution in [-0.4, -0.2) is 23.0 Å². The van der Waals surface area contributed by atoms with Crippen molar-refractivity contribution in [3.05, 3.63) is 108 Å². The van der Waals surface area contributed by atoms with Crippen LogP contribution in [0.3, 0.4) is 0 Å². The van der Waals surface area contributed by atoms with E-state index in [0.717, 1.165) is 30.4 Å². The quantitative estimate of drug-likeness (QED) is 0.486. The average molecular weight is 370 g/mol. The number of hydrogen-bond donors (Lipinski definition) is 1. The van der Waals surface area contributed by atoms with Crippen molar-refractivity contribution in [1.82, 2.24) is 9.88 Å². The third-order valence-electron chi connectivity index (χ3n) is 5.82. The van der Waals surface area contributed by atoms with Gasteiger partial charge in [-0.1, -0.05) is 60.7 Å². The number of nitrogens with one attached hydrogen (secondary N) is 1. The zero-order chi connectivity index (χ0) is 18.9. The largest absolute Gasteiger partial charge is 0.361 e. The normalized spacial score (nSPS) is 15.2. The number of halogens is 1. The molecule has 0 amide bonds. The average Bonchev–Trinajstić information content (AvgIpc) is 3.10. The van der Waals surface area contributed by atoms with Crippen molar-refractivity contribution in [2.24, 2.45) is 5.92 Å². The lowest BCUT2D eigenvalue weighted by Gasteiger charge is -2.45. The zero-order valence-corrected chi connectivity index (χ0v) is 15.7. The highest BCUT2D eigenvalue weighted by atomic mass is 19.1. The minimum atomic E-state index is -0.170. The van der Waals surface area contributed by atoms with Crippen LogP contribution in [0, 0.1) is 11.7 Å². The van der Waals surface area contributed by atoms with Gasteiger partial charge in [-0.3, -0.25) is 4.90 Å². The van der Waals surface area contributed by atoms with E-state index in [0.29, 0.717) is 12.0 Å². The van der Waals surface area contributed by atoms with Gasteiger partial charge in [0.15, 0.2) is 0 Å².